The third kappa shape index (κ3) is 6.05. The Morgan fingerprint density at radius 3 is 2.62 bits per heavy atom. The molecule has 0 atom stereocenters. The molecule has 0 bridgehead atoms. The number of rotatable bonds is 9. The summed E-state index contributed by atoms with van der Waals surface area (Å²) in [5.41, 5.74) is 7.30. The molecule has 0 fully saturated rings. The van der Waals surface area contributed by atoms with Gasteiger partial charge in [-0.25, -0.2) is 0 Å². The lowest BCUT2D eigenvalue weighted by Gasteiger charge is -2.12. The van der Waals surface area contributed by atoms with Crippen LogP contribution in [0.15, 0.2) is 48.5 Å². The fraction of sp³-hybridized carbons (Fsp3) is 0.350. The Labute approximate surface area is 144 Å². The van der Waals surface area contributed by atoms with Gasteiger partial charge in [0, 0.05) is 6.42 Å². The minimum atomic E-state index is 0.0167. The Morgan fingerprint density at radius 2 is 1.83 bits per heavy atom. The summed E-state index contributed by atoms with van der Waals surface area (Å²) in [6.07, 6.45) is 4.54. The third-order valence-corrected chi connectivity index (χ3v) is 3.74. The van der Waals surface area contributed by atoms with Gasteiger partial charge in [0.25, 0.3) is 0 Å². The van der Waals surface area contributed by atoms with Crippen LogP contribution in [0.2, 0.25) is 0 Å². The number of carbonyl (C=O) groups is 1. The van der Waals surface area contributed by atoms with Crippen molar-refractivity contribution in [2.75, 3.05) is 11.9 Å². The van der Waals surface area contributed by atoms with E-state index in [-0.39, 0.29) is 5.91 Å². The first kappa shape index (κ1) is 18.0. The second-order valence-corrected chi connectivity index (χ2v) is 5.92. The lowest BCUT2D eigenvalue weighted by molar-refractivity contribution is -0.116. The summed E-state index contributed by atoms with van der Waals surface area (Å²) in [7, 11) is 0. The maximum Gasteiger partial charge on any atom is 0.224 e. The maximum absolute atomic E-state index is 12.1. The van der Waals surface area contributed by atoms with Crippen molar-refractivity contribution in [3.8, 4) is 11.5 Å². The van der Waals surface area contributed by atoms with Gasteiger partial charge in [-0.2, -0.15) is 0 Å². The first-order valence-corrected chi connectivity index (χ1v) is 8.52. The monoisotopic (exact) mass is 326 g/mol. The van der Waals surface area contributed by atoms with Gasteiger partial charge in [-0.3, -0.25) is 4.79 Å². The van der Waals surface area contributed by atoms with Gasteiger partial charge >= 0.3 is 0 Å². The van der Waals surface area contributed by atoms with Crippen LogP contribution in [0.4, 0.5) is 5.69 Å². The van der Waals surface area contributed by atoms with Crippen LogP contribution >= 0.6 is 0 Å². The fourth-order valence-electron chi connectivity index (χ4n) is 2.46. The van der Waals surface area contributed by atoms with Gasteiger partial charge in [-0.15, -0.1) is 0 Å². The molecule has 4 heteroatoms. The lowest BCUT2D eigenvalue weighted by atomic mass is 10.1. The van der Waals surface area contributed by atoms with Crippen molar-refractivity contribution in [2.45, 2.75) is 39.0 Å². The molecule has 0 saturated carbocycles. The number of unbranched alkanes of at least 4 members (excludes halogenated alkanes) is 3. The zero-order valence-electron chi connectivity index (χ0n) is 14.3. The molecule has 0 unspecified atom stereocenters. The van der Waals surface area contributed by atoms with Crippen LogP contribution in [-0.4, -0.2) is 12.5 Å². The topological polar surface area (TPSA) is 64.3 Å². The van der Waals surface area contributed by atoms with Crippen LogP contribution in [-0.2, 0) is 4.79 Å². The number of hydrogen-bond donors (Lipinski definition) is 2. The molecule has 0 heterocycles. The van der Waals surface area contributed by atoms with Crippen LogP contribution in [0.1, 0.15) is 37.7 Å². The molecule has 3 N–H and O–H groups in total. The maximum atomic E-state index is 12.1. The Bertz CT molecular complexity index is 656. The molecule has 2 aromatic carbocycles. The van der Waals surface area contributed by atoms with Crippen molar-refractivity contribution >= 4 is 11.6 Å². The van der Waals surface area contributed by atoms with Crippen molar-refractivity contribution in [1.29, 1.82) is 0 Å². The van der Waals surface area contributed by atoms with Gasteiger partial charge in [0.15, 0.2) is 5.75 Å². The second-order valence-electron chi connectivity index (χ2n) is 5.92. The van der Waals surface area contributed by atoms with Crippen LogP contribution in [0.3, 0.4) is 0 Å². The van der Waals surface area contributed by atoms with Crippen LogP contribution in [0.5, 0.6) is 11.5 Å². The average molecular weight is 326 g/mol. The molecule has 0 spiro atoms. The summed E-state index contributed by atoms with van der Waals surface area (Å²) in [5, 5.41) is 2.95. The van der Waals surface area contributed by atoms with Crippen molar-refractivity contribution in [3.63, 3.8) is 0 Å². The first-order valence-electron chi connectivity index (χ1n) is 8.52. The van der Waals surface area contributed by atoms with E-state index in [9.17, 15) is 4.79 Å². The largest absolute Gasteiger partial charge is 0.455 e. The predicted octanol–water partition coefficient (Wildman–Crippen LogP) is 4.64. The second kappa shape index (κ2) is 9.73. The van der Waals surface area contributed by atoms with Crippen LogP contribution in [0, 0.1) is 6.92 Å². The number of aryl methyl sites for hydroxylation is 1. The highest BCUT2D eigenvalue weighted by molar-refractivity contribution is 5.92. The van der Waals surface area contributed by atoms with E-state index in [2.05, 4.69) is 5.32 Å². The molecule has 0 aliphatic carbocycles. The number of hydrogen-bond acceptors (Lipinski definition) is 3. The zero-order valence-corrected chi connectivity index (χ0v) is 14.3. The van der Waals surface area contributed by atoms with Gasteiger partial charge in [0.05, 0.1) is 5.69 Å². The highest BCUT2D eigenvalue weighted by Gasteiger charge is 2.08. The average Bonchev–Trinajstić information content (AvgIpc) is 2.56. The molecule has 128 valence electrons. The van der Waals surface area contributed by atoms with Crippen molar-refractivity contribution in [2.24, 2.45) is 5.73 Å². The number of para-hydroxylation sites is 2. The number of nitrogens with two attached hydrogens (primary N) is 1. The highest BCUT2D eigenvalue weighted by atomic mass is 16.5. The number of nitrogens with one attached hydrogen (secondary N) is 1. The van der Waals surface area contributed by atoms with E-state index in [1.54, 1.807) is 0 Å². The SMILES string of the molecule is Cc1cccc(Oc2ccccc2NC(=O)CCCCCCN)c1. The lowest BCUT2D eigenvalue weighted by Crippen LogP contribution is -2.11. The van der Waals surface area contributed by atoms with E-state index in [4.69, 9.17) is 10.5 Å². The summed E-state index contributed by atoms with van der Waals surface area (Å²) in [6.45, 7) is 2.74. The number of benzene rings is 2. The third-order valence-electron chi connectivity index (χ3n) is 3.74. The highest BCUT2D eigenvalue weighted by Crippen LogP contribution is 2.29. The van der Waals surface area contributed by atoms with Gasteiger partial charge < -0.3 is 15.8 Å². The summed E-state index contributed by atoms with van der Waals surface area (Å²) in [4.78, 5) is 12.1. The Morgan fingerprint density at radius 1 is 1.04 bits per heavy atom. The standard InChI is InChI=1S/C20H26N2O2/c1-16-9-8-10-17(15-16)24-19-12-6-5-11-18(19)22-20(23)13-4-2-3-7-14-21/h5-6,8-12,15H,2-4,7,13-14,21H2,1H3,(H,22,23). The summed E-state index contributed by atoms with van der Waals surface area (Å²) < 4.78 is 5.92. The minimum absolute atomic E-state index is 0.0167. The molecule has 24 heavy (non-hydrogen) atoms. The molecule has 0 aliphatic heterocycles. The predicted molar refractivity (Wildman–Crippen MR) is 98.5 cm³/mol. The number of carbonyl (C=O) groups excluding carboxylic acids is 1. The first-order chi connectivity index (χ1) is 11.7. The smallest absolute Gasteiger partial charge is 0.224 e. The Kier molecular flexibility index (Phi) is 7.30. The van der Waals surface area contributed by atoms with E-state index in [1.165, 1.54) is 0 Å². The van der Waals surface area contributed by atoms with Crippen molar-refractivity contribution in [3.05, 3.63) is 54.1 Å². The molecule has 4 nitrogen and oxygen atoms in total. The van der Waals surface area contributed by atoms with Gasteiger partial charge in [0.1, 0.15) is 5.75 Å². The van der Waals surface area contributed by atoms with Crippen molar-refractivity contribution in [1.82, 2.24) is 0 Å². The number of ether oxygens (including phenoxy) is 1. The van der Waals surface area contributed by atoms with E-state index in [0.717, 1.165) is 43.5 Å². The minimum Gasteiger partial charge on any atom is -0.455 e. The molecule has 0 aliphatic rings. The summed E-state index contributed by atoms with van der Waals surface area (Å²) >= 11 is 0. The van der Waals surface area contributed by atoms with Crippen molar-refractivity contribution < 1.29 is 9.53 Å². The quantitative estimate of drug-likeness (QED) is 0.660. The van der Waals surface area contributed by atoms with Crippen LogP contribution in [0.25, 0.3) is 0 Å². The molecular formula is C20H26N2O2. The fourth-order valence-corrected chi connectivity index (χ4v) is 2.46. The summed E-state index contributed by atoms with van der Waals surface area (Å²) in [5.74, 6) is 1.43. The molecule has 2 rings (SSSR count). The molecule has 0 radical (unpaired) electrons. The number of amides is 1. The molecule has 1 amide bonds. The summed E-state index contributed by atoms with van der Waals surface area (Å²) in [6, 6.07) is 15.3. The van der Waals surface area contributed by atoms with E-state index >= 15 is 0 Å². The number of anilines is 1. The molecule has 2 aromatic rings. The Hall–Kier alpha value is -2.33. The molecular weight excluding hydrogens is 300 g/mol. The van der Waals surface area contributed by atoms with Crippen LogP contribution < -0.4 is 15.8 Å². The van der Waals surface area contributed by atoms with Gasteiger partial charge in [0.2, 0.25) is 5.91 Å². The zero-order chi connectivity index (χ0) is 17.2. The van der Waals surface area contributed by atoms with E-state index in [1.807, 2.05) is 55.5 Å². The molecule has 0 saturated heterocycles. The Balaban J connectivity index is 1.92. The van der Waals surface area contributed by atoms with E-state index in [0.29, 0.717) is 17.9 Å². The normalized spacial score (nSPS) is 10.4. The van der Waals surface area contributed by atoms with Gasteiger partial charge in [-0.05, 0) is 56.1 Å². The molecule has 0 aromatic heterocycles. The van der Waals surface area contributed by atoms with Gasteiger partial charge in [-0.1, -0.05) is 37.1 Å². The van der Waals surface area contributed by atoms with E-state index < -0.39 is 0 Å².